The summed E-state index contributed by atoms with van der Waals surface area (Å²) in [6.07, 6.45) is 3.67. The van der Waals surface area contributed by atoms with E-state index >= 15 is 0 Å². The molecule has 0 aliphatic heterocycles. The van der Waals surface area contributed by atoms with Crippen molar-refractivity contribution in [2.75, 3.05) is 5.32 Å². The maximum absolute atomic E-state index is 12.4. The van der Waals surface area contributed by atoms with Crippen molar-refractivity contribution in [3.05, 3.63) is 64.1 Å². The third-order valence-corrected chi connectivity index (χ3v) is 4.43. The number of rotatable bonds is 4. The summed E-state index contributed by atoms with van der Waals surface area (Å²) in [5.74, 6) is -0.195. The molecule has 0 radical (unpaired) electrons. The van der Waals surface area contributed by atoms with Gasteiger partial charge in [0.25, 0.3) is 5.91 Å². The molecule has 3 rings (SSSR count). The van der Waals surface area contributed by atoms with Gasteiger partial charge in [-0.1, -0.05) is 12.1 Å². The molecule has 2 aromatic heterocycles. The van der Waals surface area contributed by atoms with Crippen LogP contribution >= 0.6 is 15.9 Å². The van der Waals surface area contributed by atoms with Crippen LogP contribution in [0.1, 0.15) is 21.7 Å². The summed E-state index contributed by atoms with van der Waals surface area (Å²) < 4.78 is 4.14. The Kier molecular flexibility index (Phi) is 4.29. The van der Waals surface area contributed by atoms with Crippen LogP contribution < -0.4 is 5.32 Å². The molecular weight excluding hydrogens is 358 g/mol. The molecule has 0 bridgehead atoms. The van der Waals surface area contributed by atoms with Crippen LogP contribution in [0, 0.1) is 6.92 Å². The summed E-state index contributed by atoms with van der Waals surface area (Å²) in [5, 5.41) is 11.3. The van der Waals surface area contributed by atoms with Gasteiger partial charge in [0, 0.05) is 25.1 Å². The van der Waals surface area contributed by atoms with E-state index in [1.165, 1.54) is 0 Å². The number of halogens is 1. The number of hydrogen-bond acceptors (Lipinski definition) is 3. The van der Waals surface area contributed by atoms with Gasteiger partial charge >= 0.3 is 0 Å². The molecule has 0 saturated heterocycles. The maximum Gasteiger partial charge on any atom is 0.275 e. The van der Waals surface area contributed by atoms with Gasteiger partial charge in [0.05, 0.1) is 16.7 Å². The molecular formula is C16H16BrN5O. The molecule has 6 nitrogen and oxygen atoms in total. The van der Waals surface area contributed by atoms with Crippen molar-refractivity contribution < 1.29 is 4.79 Å². The molecule has 1 N–H and O–H groups in total. The number of amides is 1. The van der Waals surface area contributed by atoms with Gasteiger partial charge in [0.15, 0.2) is 0 Å². The van der Waals surface area contributed by atoms with Gasteiger partial charge in [-0.25, -0.2) is 0 Å². The monoisotopic (exact) mass is 373 g/mol. The number of carbonyl (C=O) groups excluding carboxylic acids is 1. The summed E-state index contributed by atoms with van der Waals surface area (Å²) in [6.45, 7) is 2.55. The topological polar surface area (TPSA) is 64.7 Å². The van der Waals surface area contributed by atoms with Gasteiger partial charge in [-0.3, -0.25) is 14.2 Å². The Hall–Kier alpha value is -2.41. The highest BCUT2D eigenvalue weighted by molar-refractivity contribution is 9.10. The fourth-order valence-corrected chi connectivity index (χ4v) is 2.86. The zero-order valence-electron chi connectivity index (χ0n) is 12.8. The van der Waals surface area contributed by atoms with Crippen molar-refractivity contribution >= 4 is 27.5 Å². The van der Waals surface area contributed by atoms with E-state index in [0.29, 0.717) is 16.7 Å². The van der Waals surface area contributed by atoms with Gasteiger partial charge in [-0.15, -0.1) is 0 Å². The first-order valence-corrected chi connectivity index (χ1v) is 7.90. The molecule has 0 saturated carbocycles. The average molecular weight is 374 g/mol. The van der Waals surface area contributed by atoms with Crippen molar-refractivity contribution in [1.29, 1.82) is 0 Å². The normalized spacial score (nSPS) is 10.7. The minimum Gasteiger partial charge on any atom is -0.321 e. The molecule has 23 heavy (non-hydrogen) atoms. The van der Waals surface area contributed by atoms with Gasteiger partial charge in [0.1, 0.15) is 5.69 Å². The lowest BCUT2D eigenvalue weighted by Gasteiger charge is -2.07. The lowest BCUT2D eigenvalue weighted by atomic mass is 10.2. The molecule has 3 aromatic rings. The number of nitrogens with one attached hydrogen (secondary N) is 1. The summed E-state index contributed by atoms with van der Waals surface area (Å²) in [7, 11) is 1.75. The van der Waals surface area contributed by atoms with Crippen LogP contribution in [0.3, 0.4) is 0 Å². The number of nitrogens with zero attached hydrogens (tertiary/aromatic N) is 4. The standard InChI is InChI=1S/C16H16BrN5O/c1-11-14(17)15(21(2)20-11)16(23)19-13-6-4-12(5-7-13)10-22-9-3-8-18-22/h3-9H,10H2,1-2H3,(H,19,23). The summed E-state index contributed by atoms with van der Waals surface area (Å²) in [4.78, 5) is 12.4. The van der Waals surface area contributed by atoms with Crippen molar-refractivity contribution in [2.45, 2.75) is 13.5 Å². The highest BCUT2D eigenvalue weighted by atomic mass is 79.9. The Morgan fingerprint density at radius 1 is 1.30 bits per heavy atom. The molecule has 0 atom stereocenters. The Morgan fingerprint density at radius 3 is 2.61 bits per heavy atom. The van der Waals surface area contributed by atoms with Crippen molar-refractivity contribution in [2.24, 2.45) is 7.05 Å². The fourth-order valence-electron chi connectivity index (χ4n) is 2.34. The molecule has 0 aliphatic carbocycles. The molecule has 7 heteroatoms. The molecule has 118 valence electrons. The van der Waals surface area contributed by atoms with Gasteiger partial charge in [-0.2, -0.15) is 10.2 Å². The first kappa shape index (κ1) is 15.5. The zero-order chi connectivity index (χ0) is 16.4. The SMILES string of the molecule is Cc1nn(C)c(C(=O)Nc2ccc(Cn3cccn3)cc2)c1Br. The van der Waals surface area contributed by atoms with Crippen molar-refractivity contribution in [3.8, 4) is 0 Å². The van der Waals surface area contributed by atoms with E-state index in [9.17, 15) is 4.79 Å². The number of anilines is 1. The molecule has 0 spiro atoms. The van der Waals surface area contributed by atoms with E-state index in [0.717, 1.165) is 16.9 Å². The predicted molar refractivity (Wildman–Crippen MR) is 91.4 cm³/mol. The molecule has 0 fully saturated rings. The average Bonchev–Trinajstić information content (AvgIpc) is 3.10. The van der Waals surface area contributed by atoms with Gasteiger partial charge < -0.3 is 5.32 Å². The van der Waals surface area contributed by atoms with Gasteiger partial charge in [0.2, 0.25) is 0 Å². The van der Waals surface area contributed by atoms with E-state index in [4.69, 9.17) is 0 Å². The molecule has 0 unspecified atom stereocenters. The van der Waals surface area contributed by atoms with Crippen LogP contribution in [0.25, 0.3) is 0 Å². The minimum atomic E-state index is -0.195. The van der Waals surface area contributed by atoms with Crippen LogP contribution in [0.15, 0.2) is 47.2 Å². The molecule has 0 aliphatic rings. The second-order valence-corrected chi connectivity index (χ2v) is 6.02. The van der Waals surface area contributed by atoms with E-state index in [2.05, 4.69) is 31.4 Å². The third-order valence-electron chi connectivity index (χ3n) is 3.48. The Labute approximate surface area is 142 Å². The highest BCUT2D eigenvalue weighted by Gasteiger charge is 2.18. The van der Waals surface area contributed by atoms with Crippen LogP contribution in [-0.4, -0.2) is 25.5 Å². The van der Waals surface area contributed by atoms with Crippen LogP contribution in [-0.2, 0) is 13.6 Å². The molecule has 1 amide bonds. The van der Waals surface area contributed by atoms with E-state index in [1.807, 2.05) is 48.1 Å². The highest BCUT2D eigenvalue weighted by Crippen LogP contribution is 2.21. The fraction of sp³-hybridized carbons (Fsp3) is 0.188. The number of aromatic nitrogens is 4. The zero-order valence-corrected chi connectivity index (χ0v) is 14.4. The summed E-state index contributed by atoms with van der Waals surface area (Å²) in [6, 6.07) is 9.60. The van der Waals surface area contributed by atoms with Crippen LogP contribution in [0.4, 0.5) is 5.69 Å². The number of hydrogen-bond donors (Lipinski definition) is 1. The van der Waals surface area contributed by atoms with E-state index in [-0.39, 0.29) is 5.91 Å². The van der Waals surface area contributed by atoms with E-state index < -0.39 is 0 Å². The van der Waals surface area contributed by atoms with Crippen LogP contribution in [0.5, 0.6) is 0 Å². The Balaban J connectivity index is 1.71. The second-order valence-electron chi connectivity index (χ2n) is 5.23. The minimum absolute atomic E-state index is 0.195. The van der Waals surface area contributed by atoms with E-state index in [1.54, 1.807) is 17.9 Å². The number of aryl methyl sites for hydroxylation is 2. The lowest BCUT2D eigenvalue weighted by Crippen LogP contribution is -2.16. The van der Waals surface area contributed by atoms with Crippen molar-refractivity contribution in [1.82, 2.24) is 19.6 Å². The van der Waals surface area contributed by atoms with Gasteiger partial charge in [-0.05, 0) is 46.6 Å². The Morgan fingerprint density at radius 2 is 2.04 bits per heavy atom. The van der Waals surface area contributed by atoms with Crippen molar-refractivity contribution in [3.63, 3.8) is 0 Å². The molecule has 2 heterocycles. The molecule has 1 aromatic carbocycles. The first-order valence-electron chi connectivity index (χ1n) is 7.11. The second kappa shape index (κ2) is 6.37. The quantitative estimate of drug-likeness (QED) is 0.764. The lowest BCUT2D eigenvalue weighted by molar-refractivity contribution is 0.101. The Bertz CT molecular complexity index is 821. The maximum atomic E-state index is 12.4. The summed E-state index contributed by atoms with van der Waals surface area (Å²) >= 11 is 3.41. The first-order chi connectivity index (χ1) is 11.0. The van der Waals surface area contributed by atoms with Crippen LogP contribution in [0.2, 0.25) is 0 Å². The third kappa shape index (κ3) is 3.34. The smallest absolute Gasteiger partial charge is 0.275 e. The number of benzene rings is 1. The number of carbonyl (C=O) groups is 1. The summed E-state index contributed by atoms with van der Waals surface area (Å²) in [5.41, 5.74) is 3.14. The predicted octanol–water partition coefficient (Wildman–Crippen LogP) is 2.99. The largest absolute Gasteiger partial charge is 0.321 e.